The van der Waals surface area contributed by atoms with Crippen LogP contribution < -0.4 is 16.0 Å². The molecule has 3 atom stereocenters. The zero-order valence-electron chi connectivity index (χ0n) is 15.0. The lowest BCUT2D eigenvalue weighted by molar-refractivity contribution is -0.132. The van der Waals surface area contributed by atoms with E-state index in [0.29, 0.717) is 6.42 Å². The number of carbonyl (C=O) groups is 4. The third-order valence-electron chi connectivity index (χ3n) is 3.68. The summed E-state index contributed by atoms with van der Waals surface area (Å²) in [5.41, 5.74) is 0.882. The zero-order chi connectivity index (χ0) is 19.7. The Hall–Kier alpha value is -2.41. The van der Waals surface area contributed by atoms with E-state index >= 15 is 0 Å². The molecule has 142 valence electrons. The van der Waals surface area contributed by atoms with E-state index in [1.165, 1.54) is 20.8 Å². The highest BCUT2D eigenvalue weighted by atomic mass is 35.5. The molecule has 0 fully saturated rings. The molecule has 0 saturated heterocycles. The van der Waals surface area contributed by atoms with E-state index in [1.54, 1.807) is 0 Å². The summed E-state index contributed by atoms with van der Waals surface area (Å²) >= 11 is 5.64. The van der Waals surface area contributed by atoms with Crippen molar-refractivity contribution in [3.05, 3.63) is 35.9 Å². The summed E-state index contributed by atoms with van der Waals surface area (Å²) in [6, 6.07) is 6.80. The number of nitrogens with one attached hydrogen (secondary N) is 3. The Labute approximate surface area is 157 Å². The number of halogens is 1. The molecule has 0 aromatic heterocycles. The van der Waals surface area contributed by atoms with E-state index in [1.807, 2.05) is 30.3 Å². The number of rotatable bonds is 9. The maximum Gasteiger partial charge on any atom is 0.242 e. The van der Waals surface area contributed by atoms with E-state index in [-0.39, 0.29) is 17.6 Å². The Bertz CT molecular complexity index is 651. The van der Waals surface area contributed by atoms with Crippen molar-refractivity contribution in [3.8, 4) is 0 Å². The fourth-order valence-corrected chi connectivity index (χ4v) is 2.45. The fourth-order valence-electron chi connectivity index (χ4n) is 2.26. The zero-order valence-corrected chi connectivity index (χ0v) is 15.8. The highest BCUT2D eigenvalue weighted by Crippen LogP contribution is 2.05. The summed E-state index contributed by atoms with van der Waals surface area (Å²) in [6.45, 7) is 4.31. The summed E-state index contributed by atoms with van der Waals surface area (Å²) in [7, 11) is 0. The molecule has 0 unspecified atom stereocenters. The third kappa shape index (κ3) is 7.23. The SMILES string of the molecule is CC(=O)N[C@@H](C)C(=O)N[C@@H](C)C(=O)N[C@@H](Cc1ccccc1)C(=O)CCl. The first-order valence-corrected chi connectivity index (χ1v) is 8.78. The molecule has 8 heteroatoms. The Morgan fingerprint density at radius 3 is 2.00 bits per heavy atom. The monoisotopic (exact) mass is 381 g/mol. The predicted molar refractivity (Wildman–Crippen MR) is 98.7 cm³/mol. The summed E-state index contributed by atoms with van der Waals surface area (Å²) < 4.78 is 0. The Morgan fingerprint density at radius 1 is 0.923 bits per heavy atom. The van der Waals surface area contributed by atoms with E-state index in [4.69, 9.17) is 11.6 Å². The molecule has 1 aromatic carbocycles. The first-order chi connectivity index (χ1) is 12.2. The lowest BCUT2D eigenvalue weighted by atomic mass is 10.0. The minimum absolute atomic E-state index is 0.224. The number of hydrogen-bond donors (Lipinski definition) is 3. The van der Waals surface area contributed by atoms with Crippen molar-refractivity contribution in [3.63, 3.8) is 0 Å². The summed E-state index contributed by atoms with van der Waals surface area (Å²) in [5, 5.41) is 7.56. The molecule has 0 radical (unpaired) electrons. The van der Waals surface area contributed by atoms with Crippen LogP contribution >= 0.6 is 11.6 Å². The lowest BCUT2D eigenvalue weighted by Gasteiger charge is -2.21. The Kier molecular flexibility index (Phi) is 8.78. The van der Waals surface area contributed by atoms with Crippen LogP contribution in [0.5, 0.6) is 0 Å². The van der Waals surface area contributed by atoms with Gasteiger partial charge < -0.3 is 16.0 Å². The number of ketones is 1. The molecular weight excluding hydrogens is 358 g/mol. The van der Waals surface area contributed by atoms with E-state index in [9.17, 15) is 19.2 Å². The van der Waals surface area contributed by atoms with Gasteiger partial charge >= 0.3 is 0 Å². The van der Waals surface area contributed by atoms with Gasteiger partial charge in [0.15, 0.2) is 5.78 Å². The number of benzene rings is 1. The van der Waals surface area contributed by atoms with E-state index in [2.05, 4.69) is 16.0 Å². The molecule has 0 saturated carbocycles. The summed E-state index contributed by atoms with van der Waals surface area (Å²) in [5.74, 6) is -1.88. The first-order valence-electron chi connectivity index (χ1n) is 8.25. The quantitative estimate of drug-likeness (QED) is 0.543. The van der Waals surface area contributed by atoms with Crippen LogP contribution in [0.2, 0.25) is 0 Å². The van der Waals surface area contributed by atoms with Gasteiger partial charge in [-0.3, -0.25) is 19.2 Å². The van der Waals surface area contributed by atoms with Gasteiger partial charge in [0.1, 0.15) is 12.1 Å². The van der Waals surface area contributed by atoms with E-state index in [0.717, 1.165) is 5.56 Å². The highest BCUT2D eigenvalue weighted by molar-refractivity contribution is 6.28. The molecule has 1 rings (SSSR count). The molecule has 7 nitrogen and oxygen atoms in total. The van der Waals surface area contributed by atoms with Crippen molar-refractivity contribution in [2.24, 2.45) is 0 Å². The Morgan fingerprint density at radius 2 is 1.46 bits per heavy atom. The standard InChI is InChI=1S/C18H24ClN3O4/c1-11(20-13(3)23)17(25)21-12(2)18(26)22-15(16(24)10-19)9-14-7-5-4-6-8-14/h4-8,11-12,15H,9-10H2,1-3H3,(H,20,23)(H,21,25)(H,22,26)/t11-,12-,15-/m0/s1. The lowest BCUT2D eigenvalue weighted by Crippen LogP contribution is -2.54. The number of Topliss-reactive ketones (excluding diaryl/α,β-unsaturated/α-hetero) is 1. The van der Waals surface area contributed by atoms with Gasteiger partial charge in [0.05, 0.1) is 11.9 Å². The first kappa shape index (κ1) is 21.6. The van der Waals surface area contributed by atoms with Gasteiger partial charge in [-0.1, -0.05) is 30.3 Å². The highest BCUT2D eigenvalue weighted by Gasteiger charge is 2.25. The van der Waals surface area contributed by atoms with Gasteiger partial charge in [-0.05, 0) is 25.8 Å². The van der Waals surface area contributed by atoms with Gasteiger partial charge in [-0.2, -0.15) is 0 Å². The number of alkyl halides is 1. The van der Waals surface area contributed by atoms with Gasteiger partial charge in [-0.25, -0.2) is 0 Å². The van der Waals surface area contributed by atoms with Gasteiger partial charge in [-0.15, -0.1) is 11.6 Å². The molecule has 1 aromatic rings. The maximum atomic E-state index is 12.3. The van der Waals surface area contributed by atoms with Crippen LogP contribution in [-0.4, -0.2) is 47.5 Å². The normalized spacial score (nSPS) is 13.8. The maximum absolute atomic E-state index is 12.3. The molecule has 3 N–H and O–H groups in total. The number of amides is 3. The molecule has 0 aliphatic carbocycles. The van der Waals surface area contributed by atoms with Crippen molar-refractivity contribution in [1.29, 1.82) is 0 Å². The van der Waals surface area contributed by atoms with Crippen molar-refractivity contribution >= 4 is 35.1 Å². The molecule has 0 aliphatic heterocycles. The molecule has 0 spiro atoms. The van der Waals surface area contributed by atoms with Gasteiger partial charge in [0.2, 0.25) is 17.7 Å². The van der Waals surface area contributed by atoms with Gasteiger partial charge in [0.25, 0.3) is 0 Å². The van der Waals surface area contributed by atoms with E-state index < -0.39 is 29.9 Å². The topological polar surface area (TPSA) is 104 Å². The second kappa shape index (κ2) is 10.6. The fraction of sp³-hybridized carbons (Fsp3) is 0.444. The second-order valence-corrected chi connectivity index (χ2v) is 6.27. The molecule has 0 heterocycles. The van der Waals surface area contributed by atoms with Crippen molar-refractivity contribution in [2.45, 2.75) is 45.3 Å². The molecule has 3 amide bonds. The number of hydrogen-bond acceptors (Lipinski definition) is 4. The number of carbonyl (C=O) groups excluding carboxylic acids is 4. The molecule has 0 bridgehead atoms. The third-order valence-corrected chi connectivity index (χ3v) is 3.95. The van der Waals surface area contributed by atoms with Crippen LogP contribution in [0.3, 0.4) is 0 Å². The Balaban J connectivity index is 2.68. The summed E-state index contributed by atoms with van der Waals surface area (Å²) in [6.07, 6.45) is 0.307. The molecular formula is C18H24ClN3O4. The predicted octanol–water partition coefficient (Wildman–Crippen LogP) is 0.551. The second-order valence-electron chi connectivity index (χ2n) is 6.00. The van der Waals surface area contributed by atoms with Crippen molar-refractivity contribution in [2.75, 3.05) is 5.88 Å². The minimum Gasteiger partial charge on any atom is -0.345 e. The average molecular weight is 382 g/mol. The minimum atomic E-state index is -0.875. The summed E-state index contributed by atoms with van der Waals surface area (Å²) in [4.78, 5) is 47.3. The van der Waals surface area contributed by atoms with Crippen LogP contribution in [0.4, 0.5) is 0 Å². The van der Waals surface area contributed by atoms with Crippen LogP contribution in [0, 0.1) is 0 Å². The van der Waals surface area contributed by atoms with Gasteiger partial charge in [0, 0.05) is 6.92 Å². The van der Waals surface area contributed by atoms with Crippen LogP contribution in [-0.2, 0) is 25.6 Å². The molecule has 0 aliphatic rings. The average Bonchev–Trinajstić information content (AvgIpc) is 2.60. The van der Waals surface area contributed by atoms with Crippen LogP contribution in [0.1, 0.15) is 26.3 Å². The van der Waals surface area contributed by atoms with Crippen molar-refractivity contribution in [1.82, 2.24) is 16.0 Å². The molecule has 26 heavy (non-hydrogen) atoms. The van der Waals surface area contributed by atoms with Crippen LogP contribution in [0.15, 0.2) is 30.3 Å². The smallest absolute Gasteiger partial charge is 0.242 e. The van der Waals surface area contributed by atoms with Crippen molar-refractivity contribution < 1.29 is 19.2 Å². The largest absolute Gasteiger partial charge is 0.345 e. The van der Waals surface area contributed by atoms with Crippen LogP contribution in [0.25, 0.3) is 0 Å².